The van der Waals surface area contributed by atoms with Gasteiger partial charge >= 0.3 is 89.4 Å². The van der Waals surface area contributed by atoms with Crippen LogP contribution in [0.25, 0.3) is 0 Å². The molecule has 0 atom stereocenters. The molecule has 0 unspecified atom stereocenters. The zero-order valence-electron chi connectivity index (χ0n) is 7.30. The summed E-state index contributed by atoms with van der Waals surface area (Å²) in [6.07, 6.45) is -10.3. The first-order chi connectivity index (χ1) is 6.21. The third-order valence-electron chi connectivity index (χ3n) is 2.79. The summed E-state index contributed by atoms with van der Waals surface area (Å²) < 4.78 is 71.6. The van der Waals surface area contributed by atoms with Gasteiger partial charge in [-0.15, -0.1) is 0 Å². The van der Waals surface area contributed by atoms with Crippen LogP contribution in [0.3, 0.4) is 0 Å². The van der Waals surface area contributed by atoms with Gasteiger partial charge in [-0.25, -0.2) is 0 Å². The third-order valence-corrected chi connectivity index (χ3v) is 13.9. The van der Waals surface area contributed by atoms with Crippen LogP contribution in [0.5, 0.6) is 0 Å². The summed E-state index contributed by atoms with van der Waals surface area (Å²) in [5, 5.41) is 0. The van der Waals surface area contributed by atoms with Gasteiger partial charge in [0.05, 0.1) is 0 Å². The Hall–Kier alpha value is 0.515. The Kier molecular flexibility index (Phi) is 3.44. The first-order valence-corrected chi connectivity index (χ1v) is 11.0. The Bertz CT molecular complexity index is 183. The molecule has 0 bridgehead atoms. The minimum absolute atomic E-state index is 0.0546. The van der Waals surface area contributed by atoms with Gasteiger partial charge in [0, 0.05) is 0 Å². The molecule has 1 aliphatic heterocycles. The molecule has 0 aromatic heterocycles. The van der Waals surface area contributed by atoms with Crippen molar-refractivity contribution < 1.29 is 50.9 Å². The summed E-state index contributed by atoms with van der Waals surface area (Å²) in [5.41, 5.74) is 0. The van der Waals surface area contributed by atoms with Gasteiger partial charge in [0.25, 0.3) is 0 Å². The van der Waals surface area contributed by atoms with Crippen molar-refractivity contribution in [2.75, 3.05) is 0 Å². The minimum atomic E-state index is -5.08. The first-order valence-electron chi connectivity index (χ1n) is 4.34. The second-order valence-corrected chi connectivity index (χ2v) is 13.0. The van der Waals surface area contributed by atoms with Crippen molar-refractivity contribution in [1.82, 2.24) is 0 Å². The number of hydrogen-bond donors (Lipinski definition) is 0. The summed E-state index contributed by atoms with van der Waals surface area (Å²) in [4.78, 5) is 0. The number of alkyl halides is 6. The van der Waals surface area contributed by atoms with Crippen LogP contribution in [-0.2, 0) is 24.6 Å². The zero-order valence-corrected chi connectivity index (χ0v) is 12.8. The van der Waals surface area contributed by atoms with Crippen LogP contribution in [0.1, 0.15) is 19.3 Å². The van der Waals surface area contributed by atoms with Gasteiger partial charge in [-0.1, -0.05) is 0 Å². The maximum absolute atomic E-state index is 12.4. The summed E-state index contributed by atoms with van der Waals surface area (Å²) in [5.74, 6) is 0. The Morgan fingerprint density at radius 1 is 0.857 bits per heavy atom. The monoisotopic (exact) mass is 408 g/mol. The van der Waals surface area contributed by atoms with Gasteiger partial charge in [0.1, 0.15) is 0 Å². The predicted molar refractivity (Wildman–Crippen MR) is 33.5 cm³/mol. The van der Waals surface area contributed by atoms with E-state index < -0.39 is 46.3 Å². The molecule has 0 spiro atoms. The molecule has 0 saturated carbocycles. The van der Waals surface area contributed by atoms with E-state index in [-0.39, 0.29) is 10.4 Å². The van der Waals surface area contributed by atoms with Crippen molar-refractivity contribution in [3.05, 3.63) is 0 Å². The molecule has 0 nitrogen and oxygen atoms in total. The molecule has 0 aromatic carbocycles. The van der Waals surface area contributed by atoms with Gasteiger partial charge < -0.3 is 0 Å². The van der Waals surface area contributed by atoms with Crippen LogP contribution in [0.2, 0.25) is 6.85 Å². The topological polar surface area (TPSA) is 0 Å². The molecule has 0 radical (unpaired) electrons. The molecule has 0 aromatic rings. The van der Waals surface area contributed by atoms with Crippen LogP contribution in [0.4, 0.5) is 26.3 Å². The molecule has 1 heterocycles. The van der Waals surface area contributed by atoms with Gasteiger partial charge in [-0.3, -0.25) is 0 Å². The SMILES string of the molecule is FC(F)(F)[C]1(C(F)(F)F)CCC[CH2][Hg]1. The number of rotatable bonds is 0. The molecule has 1 rings (SSSR count). The van der Waals surface area contributed by atoms with E-state index in [1.54, 1.807) is 0 Å². The molecular weight excluding hydrogens is 399 g/mol. The summed E-state index contributed by atoms with van der Waals surface area (Å²) in [6, 6.07) is 0. The zero-order chi connectivity index (χ0) is 11.0. The van der Waals surface area contributed by atoms with Crippen molar-refractivity contribution in [2.45, 2.75) is 38.5 Å². The Balaban J connectivity index is 3.01. The predicted octanol–water partition coefficient (Wildman–Crippen LogP) is 3.95. The first kappa shape index (κ1) is 12.6. The number of hydrogen-bond acceptors (Lipinski definition) is 0. The fourth-order valence-electron chi connectivity index (χ4n) is 1.88. The average molecular weight is 407 g/mol. The van der Waals surface area contributed by atoms with Crippen LogP contribution in [0, 0.1) is 0 Å². The van der Waals surface area contributed by atoms with E-state index in [4.69, 9.17) is 0 Å². The molecule has 1 aliphatic rings. The second kappa shape index (κ2) is 3.83. The second-order valence-electron chi connectivity index (χ2n) is 3.64. The molecule has 7 heteroatoms. The Morgan fingerprint density at radius 2 is 1.36 bits per heavy atom. The van der Waals surface area contributed by atoms with E-state index in [0.29, 0.717) is 6.42 Å². The van der Waals surface area contributed by atoms with E-state index in [2.05, 4.69) is 0 Å². The molecule has 1 fully saturated rings. The van der Waals surface area contributed by atoms with Crippen molar-refractivity contribution in [3.63, 3.8) is 0 Å². The quantitative estimate of drug-likeness (QED) is 0.422. The molecule has 0 N–H and O–H groups in total. The molecule has 14 heavy (non-hydrogen) atoms. The van der Waals surface area contributed by atoms with Crippen molar-refractivity contribution >= 4 is 0 Å². The van der Waals surface area contributed by atoms with Crippen molar-refractivity contribution in [1.29, 1.82) is 0 Å². The Morgan fingerprint density at radius 3 is 1.57 bits per heavy atom. The normalized spacial score (nSPS) is 22.4. The van der Waals surface area contributed by atoms with Crippen molar-refractivity contribution in [3.8, 4) is 0 Å². The van der Waals surface area contributed by atoms with E-state index in [1.807, 2.05) is 0 Å². The van der Waals surface area contributed by atoms with Gasteiger partial charge in [0.2, 0.25) is 0 Å². The summed E-state index contributed by atoms with van der Waals surface area (Å²) >= 11 is -2.94. The van der Waals surface area contributed by atoms with E-state index in [9.17, 15) is 26.3 Å². The molecular formula is C7H8F6Hg. The van der Waals surface area contributed by atoms with E-state index in [1.165, 1.54) is 0 Å². The van der Waals surface area contributed by atoms with Crippen LogP contribution in [-0.4, -0.2) is 12.4 Å². The van der Waals surface area contributed by atoms with E-state index >= 15 is 0 Å². The van der Waals surface area contributed by atoms with Crippen molar-refractivity contribution in [2.24, 2.45) is 0 Å². The van der Waals surface area contributed by atoms with Gasteiger partial charge in [-0.2, -0.15) is 0 Å². The van der Waals surface area contributed by atoms with E-state index in [0.717, 1.165) is 0 Å². The third kappa shape index (κ3) is 2.04. The molecule has 1 saturated heterocycles. The standard InChI is InChI=1S/C7H8F6.Hg/c1-2-3-4-5(6(8,9)10)7(11,12)13;/h1-4H2;. The fraction of sp³-hybridized carbons (Fsp3) is 1.00. The Labute approximate surface area is 89.5 Å². The summed E-state index contributed by atoms with van der Waals surface area (Å²) in [7, 11) is 0. The van der Waals surface area contributed by atoms with Crippen LogP contribution >= 0.6 is 0 Å². The summed E-state index contributed by atoms with van der Waals surface area (Å²) in [6.45, 7) is 0. The average Bonchev–Trinajstić information content (AvgIpc) is 2.02. The number of halogens is 6. The fourth-order valence-corrected chi connectivity index (χ4v) is 10.7. The molecule has 0 aliphatic carbocycles. The van der Waals surface area contributed by atoms with Crippen LogP contribution in [0.15, 0.2) is 0 Å². The molecule has 80 valence electrons. The molecule has 0 amide bonds. The van der Waals surface area contributed by atoms with Gasteiger partial charge in [0.15, 0.2) is 0 Å². The maximum atomic E-state index is 12.4. The van der Waals surface area contributed by atoms with Gasteiger partial charge in [-0.05, 0) is 0 Å². The van der Waals surface area contributed by atoms with Crippen LogP contribution < -0.4 is 0 Å².